The van der Waals surface area contributed by atoms with E-state index in [0.717, 1.165) is 11.3 Å². The third-order valence-corrected chi connectivity index (χ3v) is 4.52. The Morgan fingerprint density at radius 3 is 2.69 bits per heavy atom. The molecule has 1 aromatic heterocycles. The van der Waals surface area contributed by atoms with Gasteiger partial charge in [-0.25, -0.2) is 0 Å². The SMILES string of the molecule is C=C(C)COc1ccccc1C(=O)NC(c1ccccn1)C1CC(O)C1. The number of aliphatic hydroxyl groups excluding tert-OH is 1. The van der Waals surface area contributed by atoms with E-state index in [-0.39, 0.29) is 24.0 Å². The van der Waals surface area contributed by atoms with Gasteiger partial charge < -0.3 is 15.2 Å². The molecule has 1 unspecified atom stereocenters. The van der Waals surface area contributed by atoms with Crippen molar-refractivity contribution in [2.24, 2.45) is 5.92 Å². The number of nitrogens with one attached hydrogen (secondary N) is 1. The van der Waals surface area contributed by atoms with Gasteiger partial charge in [0.25, 0.3) is 5.91 Å². The van der Waals surface area contributed by atoms with Gasteiger partial charge in [0, 0.05) is 6.20 Å². The molecule has 0 saturated heterocycles. The fourth-order valence-electron chi connectivity index (χ4n) is 3.10. The summed E-state index contributed by atoms with van der Waals surface area (Å²) in [5, 5.41) is 12.8. The molecule has 1 heterocycles. The summed E-state index contributed by atoms with van der Waals surface area (Å²) in [5.74, 6) is 0.494. The Hall–Kier alpha value is -2.66. The maximum atomic E-state index is 12.9. The molecule has 26 heavy (non-hydrogen) atoms. The standard InChI is InChI=1S/C21H24N2O3/c1-14(2)13-26-19-9-4-3-7-17(19)21(25)23-20(15-11-16(24)12-15)18-8-5-6-10-22-18/h3-10,15-16,20,24H,1,11-13H2,2H3,(H,23,25). The minimum absolute atomic E-state index is 0.173. The Bertz CT molecular complexity index is 770. The fourth-order valence-corrected chi connectivity index (χ4v) is 3.10. The number of nitrogens with zero attached hydrogens (tertiary/aromatic N) is 1. The van der Waals surface area contributed by atoms with Crippen LogP contribution in [0.25, 0.3) is 0 Å². The van der Waals surface area contributed by atoms with Crippen LogP contribution in [-0.2, 0) is 0 Å². The van der Waals surface area contributed by atoms with Crippen molar-refractivity contribution < 1.29 is 14.6 Å². The number of rotatable bonds is 7. The number of pyridine rings is 1. The average molecular weight is 352 g/mol. The molecule has 0 aliphatic heterocycles. The first-order valence-corrected chi connectivity index (χ1v) is 8.80. The molecule has 2 N–H and O–H groups in total. The molecule has 3 rings (SSSR count). The third kappa shape index (κ3) is 4.29. The molecular formula is C21H24N2O3. The zero-order valence-electron chi connectivity index (χ0n) is 14.9. The van der Waals surface area contributed by atoms with Gasteiger partial charge in [0.1, 0.15) is 12.4 Å². The highest BCUT2D eigenvalue weighted by Gasteiger charge is 2.36. The zero-order chi connectivity index (χ0) is 18.5. The van der Waals surface area contributed by atoms with Crippen LogP contribution in [0.5, 0.6) is 5.75 Å². The highest BCUT2D eigenvalue weighted by Crippen LogP contribution is 2.37. The molecule has 0 spiro atoms. The first-order chi connectivity index (χ1) is 12.5. The first-order valence-electron chi connectivity index (χ1n) is 8.80. The summed E-state index contributed by atoms with van der Waals surface area (Å²) in [7, 11) is 0. The minimum Gasteiger partial charge on any atom is -0.488 e. The lowest BCUT2D eigenvalue weighted by atomic mass is 9.76. The summed E-state index contributed by atoms with van der Waals surface area (Å²) in [4.78, 5) is 17.3. The number of hydrogen-bond acceptors (Lipinski definition) is 4. The fraction of sp³-hybridized carbons (Fsp3) is 0.333. The Balaban J connectivity index is 1.79. The van der Waals surface area contributed by atoms with Gasteiger partial charge in [-0.3, -0.25) is 9.78 Å². The van der Waals surface area contributed by atoms with Crippen molar-refractivity contribution in [3.63, 3.8) is 0 Å². The number of aliphatic hydroxyl groups is 1. The summed E-state index contributed by atoms with van der Waals surface area (Å²) in [6.07, 6.45) is 2.74. The van der Waals surface area contributed by atoms with Crippen molar-refractivity contribution >= 4 is 5.91 Å². The zero-order valence-corrected chi connectivity index (χ0v) is 14.9. The van der Waals surface area contributed by atoms with Gasteiger partial charge in [-0.15, -0.1) is 0 Å². The van der Waals surface area contributed by atoms with Gasteiger partial charge >= 0.3 is 0 Å². The minimum atomic E-state index is -0.297. The maximum absolute atomic E-state index is 12.9. The van der Waals surface area contributed by atoms with Crippen molar-refractivity contribution in [2.75, 3.05) is 6.61 Å². The lowest BCUT2D eigenvalue weighted by Gasteiger charge is -2.37. The Morgan fingerprint density at radius 2 is 2.04 bits per heavy atom. The quantitative estimate of drug-likeness (QED) is 0.750. The van der Waals surface area contributed by atoms with E-state index < -0.39 is 0 Å². The second-order valence-corrected chi connectivity index (χ2v) is 6.83. The molecule has 0 bridgehead atoms. The lowest BCUT2D eigenvalue weighted by molar-refractivity contribution is 0.0228. The monoisotopic (exact) mass is 352 g/mol. The van der Waals surface area contributed by atoms with Crippen LogP contribution in [0.4, 0.5) is 0 Å². The number of carbonyl (C=O) groups is 1. The van der Waals surface area contributed by atoms with Crippen LogP contribution < -0.4 is 10.1 Å². The molecule has 1 atom stereocenters. The van der Waals surface area contributed by atoms with E-state index in [1.54, 1.807) is 18.3 Å². The number of hydrogen-bond donors (Lipinski definition) is 2. The van der Waals surface area contributed by atoms with Gasteiger partial charge in [-0.05, 0) is 55.5 Å². The van der Waals surface area contributed by atoms with Gasteiger partial charge in [-0.1, -0.05) is 24.8 Å². The van der Waals surface area contributed by atoms with Crippen LogP contribution >= 0.6 is 0 Å². The van der Waals surface area contributed by atoms with Crippen LogP contribution in [0.2, 0.25) is 0 Å². The summed E-state index contributed by atoms with van der Waals surface area (Å²) >= 11 is 0. The van der Waals surface area contributed by atoms with E-state index in [1.807, 2.05) is 37.3 Å². The van der Waals surface area contributed by atoms with Crippen LogP contribution in [0.15, 0.2) is 60.8 Å². The molecule has 2 aromatic rings. The van der Waals surface area contributed by atoms with Crippen LogP contribution in [0, 0.1) is 5.92 Å². The number of amides is 1. The number of carbonyl (C=O) groups excluding carboxylic acids is 1. The molecule has 1 aromatic carbocycles. The molecular weight excluding hydrogens is 328 g/mol. The lowest BCUT2D eigenvalue weighted by Crippen LogP contribution is -2.41. The molecule has 5 heteroatoms. The molecule has 0 radical (unpaired) electrons. The molecule has 1 aliphatic rings. The Labute approximate surface area is 153 Å². The summed E-state index contributed by atoms with van der Waals surface area (Å²) in [6.45, 7) is 6.06. The number of para-hydroxylation sites is 1. The first kappa shape index (κ1) is 18.1. The van der Waals surface area contributed by atoms with Gasteiger partial charge in [0.2, 0.25) is 0 Å². The molecule has 1 amide bonds. The Kier molecular flexibility index (Phi) is 5.68. The van der Waals surface area contributed by atoms with Crippen molar-refractivity contribution in [3.05, 3.63) is 72.1 Å². The molecule has 1 aliphatic carbocycles. The summed E-state index contributed by atoms with van der Waals surface area (Å²) in [5.41, 5.74) is 2.17. The number of ether oxygens (including phenoxy) is 1. The highest BCUT2D eigenvalue weighted by molar-refractivity contribution is 5.97. The van der Waals surface area contributed by atoms with Crippen LogP contribution in [0.3, 0.4) is 0 Å². The molecule has 1 fully saturated rings. The molecule has 5 nitrogen and oxygen atoms in total. The number of benzene rings is 1. The van der Waals surface area contributed by atoms with Crippen LogP contribution in [0.1, 0.15) is 41.9 Å². The van der Waals surface area contributed by atoms with E-state index in [9.17, 15) is 9.90 Å². The normalized spacial score (nSPS) is 19.9. The van der Waals surface area contributed by atoms with E-state index in [2.05, 4.69) is 16.9 Å². The highest BCUT2D eigenvalue weighted by atomic mass is 16.5. The van der Waals surface area contributed by atoms with E-state index in [4.69, 9.17) is 4.74 Å². The van der Waals surface area contributed by atoms with Gasteiger partial charge in [0.05, 0.1) is 23.4 Å². The molecule has 1 saturated carbocycles. The second-order valence-electron chi connectivity index (χ2n) is 6.83. The van der Waals surface area contributed by atoms with Gasteiger partial charge in [-0.2, -0.15) is 0 Å². The van der Waals surface area contributed by atoms with Crippen molar-refractivity contribution in [2.45, 2.75) is 31.9 Å². The number of aromatic nitrogens is 1. The van der Waals surface area contributed by atoms with Gasteiger partial charge in [0.15, 0.2) is 0 Å². The van der Waals surface area contributed by atoms with Crippen molar-refractivity contribution in [3.8, 4) is 5.75 Å². The third-order valence-electron chi connectivity index (χ3n) is 4.52. The largest absolute Gasteiger partial charge is 0.488 e. The summed E-state index contributed by atoms with van der Waals surface area (Å²) in [6, 6.07) is 12.6. The average Bonchev–Trinajstić information content (AvgIpc) is 2.63. The predicted octanol–water partition coefficient (Wildman–Crippen LogP) is 3.28. The second kappa shape index (κ2) is 8.15. The van der Waals surface area contributed by atoms with E-state index in [0.29, 0.717) is 30.8 Å². The van der Waals surface area contributed by atoms with E-state index in [1.165, 1.54) is 0 Å². The van der Waals surface area contributed by atoms with Crippen molar-refractivity contribution in [1.82, 2.24) is 10.3 Å². The van der Waals surface area contributed by atoms with E-state index >= 15 is 0 Å². The smallest absolute Gasteiger partial charge is 0.255 e. The topological polar surface area (TPSA) is 71.5 Å². The molecule has 136 valence electrons. The maximum Gasteiger partial charge on any atom is 0.255 e. The van der Waals surface area contributed by atoms with Crippen LogP contribution in [-0.4, -0.2) is 28.7 Å². The summed E-state index contributed by atoms with van der Waals surface area (Å²) < 4.78 is 5.71. The van der Waals surface area contributed by atoms with Crippen molar-refractivity contribution in [1.29, 1.82) is 0 Å². The predicted molar refractivity (Wildman–Crippen MR) is 99.9 cm³/mol. The Morgan fingerprint density at radius 1 is 1.31 bits per heavy atom.